The molecule has 0 amide bonds. The van der Waals surface area contributed by atoms with Gasteiger partial charge in [0.2, 0.25) is 0 Å². The average Bonchev–Trinajstić information content (AvgIpc) is 2.33. The fourth-order valence-electron chi connectivity index (χ4n) is 1.93. The quantitative estimate of drug-likeness (QED) is 0.775. The molecule has 2 aromatic carbocycles. The molecule has 0 saturated heterocycles. The summed E-state index contributed by atoms with van der Waals surface area (Å²) in [6, 6.07) is 11.5. The monoisotopic (exact) mass is 242 g/mol. The van der Waals surface area contributed by atoms with Gasteiger partial charge in [-0.1, -0.05) is 43.7 Å². The molecular formula is C16H18O2. The maximum Gasteiger partial charge on any atom is 0.165 e. The van der Waals surface area contributed by atoms with Gasteiger partial charge in [0.1, 0.15) is 0 Å². The summed E-state index contributed by atoms with van der Waals surface area (Å²) in [6.45, 7) is 6.14. The molecule has 0 radical (unpaired) electrons. The molecular weight excluding hydrogens is 224 g/mol. The van der Waals surface area contributed by atoms with Crippen LogP contribution in [0.5, 0.6) is 11.5 Å². The van der Waals surface area contributed by atoms with Crippen LogP contribution in [0.1, 0.15) is 30.9 Å². The first-order valence-corrected chi connectivity index (χ1v) is 6.12. The Morgan fingerprint density at radius 3 is 2.11 bits per heavy atom. The van der Waals surface area contributed by atoms with E-state index >= 15 is 0 Å². The molecule has 0 spiro atoms. The molecule has 0 aliphatic heterocycles. The largest absolute Gasteiger partial charge is 0.504 e. The summed E-state index contributed by atoms with van der Waals surface area (Å²) in [5.41, 5.74) is 3.78. The zero-order valence-electron chi connectivity index (χ0n) is 10.9. The van der Waals surface area contributed by atoms with Crippen molar-refractivity contribution in [2.75, 3.05) is 0 Å². The Morgan fingerprint density at radius 1 is 0.944 bits per heavy atom. The van der Waals surface area contributed by atoms with Crippen LogP contribution >= 0.6 is 0 Å². The van der Waals surface area contributed by atoms with Crippen molar-refractivity contribution in [2.24, 2.45) is 0 Å². The first kappa shape index (κ1) is 12.5. The van der Waals surface area contributed by atoms with Crippen LogP contribution in [0.3, 0.4) is 0 Å². The van der Waals surface area contributed by atoms with E-state index in [9.17, 15) is 10.2 Å². The standard InChI is InChI=1S/C16H18O2/c1-10(2)13-8-14(16(18)15(17)9-13)12-6-4-11(3)5-7-12/h4-10,17-18H,1-3H3. The molecule has 0 atom stereocenters. The number of phenols is 2. The van der Waals surface area contributed by atoms with Crippen molar-refractivity contribution in [3.05, 3.63) is 47.5 Å². The highest BCUT2D eigenvalue weighted by atomic mass is 16.3. The summed E-state index contributed by atoms with van der Waals surface area (Å²) in [6.07, 6.45) is 0. The van der Waals surface area contributed by atoms with Gasteiger partial charge >= 0.3 is 0 Å². The Balaban J connectivity index is 2.59. The minimum atomic E-state index is -0.0585. The number of hydrogen-bond donors (Lipinski definition) is 2. The van der Waals surface area contributed by atoms with E-state index in [-0.39, 0.29) is 11.5 Å². The number of rotatable bonds is 2. The average molecular weight is 242 g/mol. The second-order valence-corrected chi connectivity index (χ2v) is 4.96. The third kappa shape index (κ3) is 2.33. The van der Waals surface area contributed by atoms with Crippen molar-refractivity contribution in [3.63, 3.8) is 0 Å². The van der Waals surface area contributed by atoms with Crippen molar-refractivity contribution in [2.45, 2.75) is 26.7 Å². The minimum Gasteiger partial charge on any atom is -0.504 e. The van der Waals surface area contributed by atoms with Gasteiger partial charge in [-0.2, -0.15) is 0 Å². The lowest BCUT2D eigenvalue weighted by Gasteiger charge is -2.12. The van der Waals surface area contributed by atoms with Gasteiger partial charge in [0.15, 0.2) is 11.5 Å². The Kier molecular flexibility index (Phi) is 3.28. The van der Waals surface area contributed by atoms with Gasteiger partial charge in [0.25, 0.3) is 0 Å². The van der Waals surface area contributed by atoms with Crippen molar-refractivity contribution in [1.82, 2.24) is 0 Å². The van der Waals surface area contributed by atoms with Crippen molar-refractivity contribution in [3.8, 4) is 22.6 Å². The SMILES string of the molecule is Cc1ccc(-c2cc(C(C)C)cc(O)c2O)cc1. The van der Waals surface area contributed by atoms with E-state index < -0.39 is 0 Å². The lowest BCUT2D eigenvalue weighted by molar-refractivity contribution is 0.404. The molecule has 2 aromatic rings. The van der Waals surface area contributed by atoms with Gasteiger partial charge in [-0.25, -0.2) is 0 Å². The van der Waals surface area contributed by atoms with Gasteiger partial charge in [0.05, 0.1) is 0 Å². The molecule has 0 bridgehead atoms. The van der Waals surface area contributed by atoms with E-state index in [1.54, 1.807) is 6.07 Å². The van der Waals surface area contributed by atoms with Gasteiger partial charge in [-0.15, -0.1) is 0 Å². The third-order valence-corrected chi connectivity index (χ3v) is 3.14. The first-order valence-electron chi connectivity index (χ1n) is 6.12. The van der Waals surface area contributed by atoms with Crippen LogP contribution in [-0.2, 0) is 0 Å². The maximum atomic E-state index is 9.98. The number of aryl methyl sites for hydroxylation is 1. The van der Waals surface area contributed by atoms with E-state index in [0.717, 1.165) is 11.1 Å². The summed E-state index contributed by atoms with van der Waals surface area (Å²) in [7, 11) is 0. The molecule has 18 heavy (non-hydrogen) atoms. The lowest BCUT2D eigenvalue weighted by Crippen LogP contribution is -1.89. The van der Waals surface area contributed by atoms with Crippen LogP contribution in [0.15, 0.2) is 36.4 Å². The summed E-state index contributed by atoms with van der Waals surface area (Å²) in [5, 5.41) is 19.8. The second kappa shape index (κ2) is 4.73. The number of aromatic hydroxyl groups is 2. The Bertz CT molecular complexity index is 554. The topological polar surface area (TPSA) is 40.5 Å². The normalized spacial score (nSPS) is 10.9. The van der Waals surface area contributed by atoms with Crippen LogP contribution in [0.4, 0.5) is 0 Å². The summed E-state index contributed by atoms with van der Waals surface area (Å²) in [5.74, 6) is 0.195. The first-order chi connectivity index (χ1) is 8.49. The number of hydrogen-bond acceptors (Lipinski definition) is 2. The van der Waals surface area contributed by atoms with Crippen LogP contribution in [0.25, 0.3) is 11.1 Å². The summed E-state index contributed by atoms with van der Waals surface area (Å²) in [4.78, 5) is 0. The van der Waals surface area contributed by atoms with Gasteiger partial charge in [-0.3, -0.25) is 0 Å². The third-order valence-electron chi connectivity index (χ3n) is 3.14. The number of benzene rings is 2. The van der Waals surface area contributed by atoms with Crippen molar-refractivity contribution < 1.29 is 10.2 Å². The van der Waals surface area contributed by atoms with Crippen molar-refractivity contribution >= 4 is 0 Å². The molecule has 0 heterocycles. The molecule has 0 aliphatic carbocycles. The molecule has 2 N–H and O–H groups in total. The molecule has 2 rings (SSSR count). The molecule has 0 aliphatic rings. The Morgan fingerprint density at radius 2 is 1.56 bits per heavy atom. The van der Waals surface area contributed by atoms with Crippen LogP contribution < -0.4 is 0 Å². The smallest absolute Gasteiger partial charge is 0.165 e. The highest BCUT2D eigenvalue weighted by molar-refractivity contribution is 5.74. The lowest BCUT2D eigenvalue weighted by atomic mass is 9.95. The van der Waals surface area contributed by atoms with Gasteiger partial charge in [-0.05, 0) is 36.1 Å². The zero-order valence-corrected chi connectivity index (χ0v) is 10.9. The fourth-order valence-corrected chi connectivity index (χ4v) is 1.93. The van der Waals surface area contributed by atoms with E-state index in [1.165, 1.54) is 5.56 Å². The Labute approximate surface area is 108 Å². The molecule has 0 fully saturated rings. The van der Waals surface area contributed by atoms with Gasteiger partial charge in [0, 0.05) is 5.56 Å². The van der Waals surface area contributed by atoms with E-state index in [4.69, 9.17) is 0 Å². The van der Waals surface area contributed by atoms with E-state index in [0.29, 0.717) is 11.5 Å². The van der Waals surface area contributed by atoms with Crippen LogP contribution in [-0.4, -0.2) is 10.2 Å². The maximum absolute atomic E-state index is 9.98. The van der Waals surface area contributed by atoms with E-state index in [2.05, 4.69) is 13.8 Å². The molecule has 0 aromatic heterocycles. The second-order valence-electron chi connectivity index (χ2n) is 4.96. The molecule has 2 heteroatoms. The van der Waals surface area contributed by atoms with Crippen molar-refractivity contribution in [1.29, 1.82) is 0 Å². The number of phenolic OH excluding ortho intramolecular Hbond substituents is 2. The summed E-state index contributed by atoms with van der Waals surface area (Å²) < 4.78 is 0. The molecule has 94 valence electrons. The highest BCUT2D eigenvalue weighted by Crippen LogP contribution is 2.39. The zero-order chi connectivity index (χ0) is 13.3. The molecule has 2 nitrogen and oxygen atoms in total. The Hall–Kier alpha value is -1.96. The molecule has 0 saturated carbocycles. The minimum absolute atomic E-state index is 0.0525. The predicted molar refractivity (Wildman–Crippen MR) is 74.0 cm³/mol. The predicted octanol–water partition coefficient (Wildman–Crippen LogP) is 4.20. The van der Waals surface area contributed by atoms with Crippen LogP contribution in [0, 0.1) is 6.92 Å². The van der Waals surface area contributed by atoms with Gasteiger partial charge < -0.3 is 10.2 Å². The highest BCUT2D eigenvalue weighted by Gasteiger charge is 2.12. The summed E-state index contributed by atoms with van der Waals surface area (Å²) >= 11 is 0. The van der Waals surface area contributed by atoms with Crippen LogP contribution in [0.2, 0.25) is 0 Å². The fraction of sp³-hybridized carbons (Fsp3) is 0.250. The van der Waals surface area contributed by atoms with E-state index in [1.807, 2.05) is 37.3 Å². The molecule has 0 unspecified atom stereocenters.